The van der Waals surface area contributed by atoms with E-state index in [-0.39, 0.29) is 17.4 Å². The zero-order valence-electron chi connectivity index (χ0n) is 16.0. The molecule has 1 aliphatic rings. The molecule has 26 heavy (non-hydrogen) atoms. The summed E-state index contributed by atoms with van der Waals surface area (Å²) in [5, 5.41) is 5.44. The Morgan fingerprint density at radius 3 is 2.88 bits per heavy atom. The van der Waals surface area contributed by atoms with E-state index >= 15 is 0 Å². The predicted molar refractivity (Wildman–Crippen MR) is 105 cm³/mol. The number of hydrogen-bond donors (Lipinski definition) is 1. The van der Waals surface area contributed by atoms with Crippen LogP contribution in [0.2, 0.25) is 0 Å². The number of rotatable bonds is 6. The summed E-state index contributed by atoms with van der Waals surface area (Å²) in [5.74, 6) is 1.51. The SMILES string of the molecule is CCCOc1cc(-c2csc(NC(=O)C(C)C)n2)cc2c1OC(C)(C)C2. The summed E-state index contributed by atoms with van der Waals surface area (Å²) in [6.07, 6.45) is 1.77. The number of nitrogens with one attached hydrogen (secondary N) is 1. The minimum Gasteiger partial charge on any atom is -0.490 e. The lowest BCUT2D eigenvalue weighted by Gasteiger charge is -2.18. The molecule has 6 heteroatoms. The van der Waals surface area contributed by atoms with E-state index in [0.717, 1.165) is 41.2 Å². The third kappa shape index (κ3) is 4.01. The van der Waals surface area contributed by atoms with E-state index in [0.29, 0.717) is 11.7 Å². The molecule has 1 aliphatic heterocycles. The second kappa shape index (κ2) is 7.27. The molecule has 140 valence electrons. The molecule has 0 fully saturated rings. The van der Waals surface area contributed by atoms with Gasteiger partial charge in [-0.15, -0.1) is 11.3 Å². The van der Waals surface area contributed by atoms with Crippen molar-refractivity contribution < 1.29 is 14.3 Å². The van der Waals surface area contributed by atoms with Gasteiger partial charge in [0.15, 0.2) is 16.6 Å². The number of carbonyl (C=O) groups is 1. The Morgan fingerprint density at radius 2 is 2.19 bits per heavy atom. The fourth-order valence-electron chi connectivity index (χ4n) is 2.86. The highest BCUT2D eigenvalue weighted by molar-refractivity contribution is 7.14. The first-order valence-electron chi connectivity index (χ1n) is 9.04. The van der Waals surface area contributed by atoms with Crippen molar-refractivity contribution in [3.8, 4) is 22.8 Å². The van der Waals surface area contributed by atoms with Crippen molar-refractivity contribution in [3.05, 3.63) is 23.1 Å². The standard InChI is InChI=1S/C20H26N2O3S/c1-6-7-24-16-9-13(8-14-10-20(4,5)25-17(14)16)15-11-26-19(21-15)22-18(23)12(2)3/h8-9,11-12H,6-7,10H2,1-5H3,(H,21,22,23). The highest BCUT2D eigenvalue weighted by atomic mass is 32.1. The van der Waals surface area contributed by atoms with Gasteiger partial charge in [0.1, 0.15) is 5.60 Å². The van der Waals surface area contributed by atoms with Crippen molar-refractivity contribution in [2.24, 2.45) is 5.92 Å². The number of ether oxygens (including phenoxy) is 2. The summed E-state index contributed by atoms with van der Waals surface area (Å²) in [4.78, 5) is 16.5. The van der Waals surface area contributed by atoms with Gasteiger partial charge in [-0.05, 0) is 32.4 Å². The molecule has 1 amide bonds. The summed E-state index contributed by atoms with van der Waals surface area (Å²) in [6.45, 7) is 10.6. The molecule has 1 aromatic heterocycles. The molecule has 0 unspecified atom stereocenters. The van der Waals surface area contributed by atoms with E-state index in [9.17, 15) is 4.79 Å². The van der Waals surface area contributed by atoms with Crippen molar-refractivity contribution in [2.45, 2.75) is 53.1 Å². The van der Waals surface area contributed by atoms with Gasteiger partial charge >= 0.3 is 0 Å². The summed E-state index contributed by atoms with van der Waals surface area (Å²) in [6, 6.07) is 4.10. The predicted octanol–water partition coefficient (Wildman–Crippen LogP) is 4.91. The Morgan fingerprint density at radius 1 is 1.42 bits per heavy atom. The summed E-state index contributed by atoms with van der Waals surface area (Å²) < 4.78 is 12.0. The lowest BCUT2D eigenvalue weighted by atomic mass is 9.99. The Kier molecular flexibility index (Phi) is 5.23. The van der Waals surface area contributed by atoms with Gasteiger partial charge in [0.2, 0.25) is 5.91 Å². The highest BCUT2D eigenvalue weighted by Gasteiger charge is 2.33. The molecule has 0 spiro atoms. The molecule has 0 atom stereocenters. The maximum atomic E-state index is 11.9. The highest BCUT2D eigenvalue weighted by Crippen LogP contribution is 2.45. The molecule has 2 aromatic rings. The molecule has 0 aliphatic carbocycles. The van der Waals surface area contributed by atoms with Crippen LogP contribution in [0.5, 0.6) is 11.5 Å². The maximum Gasteiger partial charge on any atom is 0.228 e. The van der Waals surface area contributed by atoms with Gasteiger partial charge in [0.25, 0.3) is 0 Å². The Hall–Kier alpha value is -2.08. The number of fused-ring (bicyclic) bond motifs is 1. The topological polar surface area (TPSA) is 60.5 Å². The number of aromatic nitrogens is 1. The van der Waals surface area contributed by atoms with E-state index in [1.54, 1.807) is 0 Å². The van der Waals surface area contributed by atoms with Gasteiger partial charge in [-0.25, -0.2) is 4.98 Å². The largest absolute Gasteiger partial charge is 0.490 e. The second-order valence-electron chi connectivity index (χ2n) is 7.53. The van der Waals surface area contributed by atoms with E-state index in [4.69, 9.17) is 9.47 Å². The third-order valence-corrected chi connectivity index (χ3v) is 4.90. The molecule has 0 bridgehead atoms. The number of thiazole rings is 1. The minimum absolute atomic E-state index is 0.0260. The molecule has 1 aromatic carbocycles. The third-order valence-electron chi connectivity index (χ3n) is 4.14. The van der Waals surface area contributed by atoms with E-state index in [1.165, 1.54) is 11.3 Å². The molecular formula is C20H26N2O3S. The monoisotopic (exact) mass is 374 g/mol. The average Bonchev–Trinajstić information content (AvgIpc) is 3.14. The molecule has 3 rings (SSSR count). The minimum atomic E-state index is -0.232. The van der Waals surface area contributed by atoms with Crippen LogP contribution in [0.4, 0.5) is 5.13 Å². The number of amides is 1. The number of benzene rings is 1. The summed E-state index contributed by atoms with van der Waals surface area (Å²) in [7, 11) is 0. The Balaban J connectivity index is 1.91. The summed E-state index contributed by atoms with van der Waals surface area (Å²) in [5.41, 5.74) is 2.73. The summed E-state index contributed by atoms with van der Waals surface area (Å²) >= 11 is 1.43. The molecule has 5 nitrogen and oxygen atoms in total. The normalized spacial score (nSPS) is 14.8. The van der Waals surface area contributed by atoms with Crippen molar-refractivity contribution in [2.75, 3.05) is 11.9 Å². The van der Waals surface area contributed by atoms with Crippen LogP contribution < -0.4 is 14.8 Å². The first-order chi connectivity index (χ1) is 12.3. The smallest absolute Gasteiger partial charge is 0.228 e. The fraction of sp³-hybridized carbons (Fsp3) is 0.500. The van der Waals surface area contributed by atoms with Gasteiger partial charge in [-0.3, -0.25) is 4.79 Å². The molecular weight excluding hydrogens is 348 g/mol. The molecule has 2 heterocycles. The van der Waals surface area contributed by atoms with Crippen LogP contribution in [-0.2, 0) is 11.2 Å². The molecule has 0 saturated heterocycles. The molecule has 1 N–H and O–H groups in total. The number of hydrogen-bond acceptors (Lipinski definition) is 5. The quantitative estimate of drug-likeness (QED) is 0.781. The van der Waals surface area contributed by atoms with Crippen LogP contribution in [0.15, 0.2) is 17.5 Å². The van der Waals surface area contributed by atoms with Gasteiger partial charge in [0, 0.05) is 28.8 Å². The van der Waals surface area contributed by atoms with E-state index in [2.05, 4.69) is 37.1 Å². The van der Waals surface area contributed by atoms with Gasteiger partial charge in [0.05, 0.1) is 12.3 Å². The number of anilines is 1. The number of carbonyl (C=O) groups excluding carboxylic acids is 1. The lowest BCUT2D eigenvalue weighted by Crippen LogP contribution is -2.24. The Labute approximate surface area is 158 Å². The maximum absolute atomic E-state index is 11.9. The zero-order chi connectivity index (χ0) is 18.9. The van der Waals surface area contributed by atoms with E-state index < -0.39 is 0 Å². The van der Waals surface area contributed by atoms with Crippen LogP contribution in [-0.4, -0.2) is 23.1 Å². The zero-order valence-corrected chi connectivity index (χ0v) is 16.8. The lowest BCUT2D eigenvalue weighted by molar-refractivity contribution is -0.118. The van der Waals surface area contributed by atoms with Crippen LogP contribution >= 0.6 is 11.3 Å². The van der Waals surface area contributed by atoms with Crippen LogP contribution in [0.25, 0.3) is 11.3 Å². The first-order valence-corrected chi connectivity index (χ1v) is 9.92. The van der Waals surface area contributed by atoms with Gasteiger partial charge in [-0.2, -0.15) is 0 Å². The number of nitrogens with zero attached hydrogens (tertiary/aromatic N) is 1. The van der Waals surface area contributed by atoms with Gasteiger partial charge < -0.3 is 14.8 Å². The van der Waals surface area contributed by atoms with Crippen LogP contribution in [0, 0.1) is 5.92 Å². The van der Waals surface area contributed by atoms with Crippen molar-refractivity contribution in [1.29, 1.82) is 0 Å². The first kappa shape index (κ1) is 18.7. The average molecular weight is 375 g/mol. The molecule has 0 saturated carbocycles. The van der Waals surface area contributed by atoms with Crippen molar-refractivity contribution >= 4 is 22.4 Å². The van der Waals surface area contributed by atoms with Gasteiger partial charge in [-0.1, -0.05) is 20.8 Å². The van der Waals surface area contributed by atoms with Crippen LogP contribution in [0.1, 0.15) is 46.6 Å². The second-order valence-corrected chi connectivity index (χ2v) is 8.39. The van der Waals surface area contributed by atoms with E-state index in [1.807, 2.05) is 25.3 Å². The Bertz CT molecular complexity index is 811. The molecule has 0 radical (unpaired) electrons. The fourth-order valence-corrected chi connectivity index (χ4v) is 3.58. The van der Waals surface area contributed by atoms with Crippen molar-refractivity contribution in [1.82, 2.24) is 4.98 Å². The van der Waals surface area contributed by atoms with Crippen LogP contribution in [0.3, 0.4) is 0 Å². The van der Waals surface area contributed by atoms with Crippen molar-refractivity contribution in [3.63, 3.8) is 0 Å².